The first-order chi connectivity index (χ1) is 13.9. The topological polar surface area (TPSA) is 99.5 Å². The van der Waals surface area contributed by atoms with Crippen molar-refractivity contribution in [1.29, 1.82) is 5.26 Å². The molecule has 0 spiro atoms. The second-order valence-electron chi connectivity index (χ2n) is 6.33. The molecule has 7 nitrogen and oxygen atoms in total. The Balaban J connectivity index is 2.18. The molecule has 0 saturated carbocycles. The Hall–Kier alpha value is -3.26. The van der Waals surface area contributed by atoms with Crippen molar-refractivity contribution in [3.63, 3.8) is 0 Å². The maximum absolute atomic E-state index is 12.4. The molecule has 0 atom stereocenters. The van der Waals surface area contributed by atoms with E-state index in [1.54, 1.807) is 37.3 Å². The van der Waals surface area contributed by atoms with Gasteiger partial charge in [0.2, 0.25) is 15.9 Å². The zero-order valence-corrected chi connectivity index (χ0v) is 16.8. The van der Waals surface area contributed by atoms with Gasteiger partial charge in [0.25, 0.3) is 0 Å². The molecule has 11 heteroatoms. The molecule has 0 unspecified atom stereocenters. The van der Waals surface area contributed by atoms with E-state index in [0.29, 0.717) is 11.3 Å². The zero-order chi connectivity index (χ0) is 22.5. The van der Waals surface area contributed by atoms with Gasteiger partial charge < -0.3 is 10.1 Å². The predicted octanol–water partition coefficient (Wildman–Crippen LogP) is 3.21. The first kappa shape index (κ1) is 23.0. The van der Waals surface area contributed by atoms with Crippen molar-refractivity contribution in [3.8, 4) is 11.8 Å². The molecule has 1 N–H and O–H groups in total. The standard InChI is InChI=1S/C19H18F3N3O4S/c1-13-5-3-4-6-16(13)25(30(2,27)28)11-18(26)24-15-7-8-17(14(9-15)10-23)29-12-19(20,21)22/h3-9H,11-12H2,1-2H3,(H,24,26). The summed E-state index contributed by atoms with van der Waals surface area (Å²) in [5, 5.41) is 11.6. The Morgan fingerprint density at radius 2 is 1.90 bits per heavy atom. The van der Waals surface area contributed by atoms with E-state index in [2.05, 4.69) is 10.1 Å². The van der Waals surface area contributed by atoms with Crippen LogP contribution in [0.4, 0.5) is 24.5 Å². The maximum atomic E-state index is 12.4. The number of amides is 1. The summed E-state index contributed by atoms with van der Waals surface area (Å²) in [4.78, 5) is 12.4. The van der Waals surface area contributed by atoms with Crippen LogP contribution in [0, 0.1) is 18.3 Å². The quantitative estimate of drug-likeness (QED) is 0.711. The third-order valence-electron chi connectivity index (χ3n) is 3.85. The lowest BCUT2D eigenvalue weighted by Crippen LogP contribution is -2.37. The number of anilines is 2. The van der Waals surface area contributed by atoms with Crippen molar-refractivity contribution in [2.24, 2.45) is 0 Å². The summed E-state index contributed by atoms with van der Waals surface area (Å²) in [6, 6.07) is 11.8. The number of ether oxygens (including phenoxy) is 1. The number of hydrogen-bond donors (Lipinski definition) is 1. The van der Waals surface area contributed by atoms with Crippen LogP contribution in [0.1, 0.15) is 11.1 Å². The van der Waals surface area contributed by atoms with E-state index in [9.17, 15) is 26.4 Å². The molecular weight excluding hydrogens is 423 g/mol. The SMILES string of the molecule is Cc1ccccc1N(CC(=O)Nc1ccc(OCC(F)(F)F)c(C#N)c1)S(C)(=O)=O. The van der Waals surface area contributed by atoms with Crippen LogP contribution in [0.2, 0.25) is 0 Å². The van der Waals surface area contributed by atoms with Gasteiger partial charge in [-0.05, 0) is 36.8 Å². The minimum absolute atomic E-state index is 0.106. The van der Waals surface area contributed by atoms with Gasteiger partial charge >= 0.3 is 6.18 Å². The normalized spacial score (nSPS) is 11.5. The summed E-state index contributed by atoms with van der Waals surface area (Å²) in [6.45, 7) is -0.394. The van der Waals surface area contributed by atoms with E-state index in [1.807, 2.05) is 0 Å². The van der Waals surface area contributed by atoms with Crippen LogP contribution in [0.3, 0.4) is 0 Å². The maximum Gasteiger partial charge on any atom is 0.422 e. The Bertz CT molecular complexity index is 1080. The molecule has 0 aliphatic rings. The van der Waals surface area contributed by atoms with Crippen LogP contribution in [0.5, 0.6) is 5.75 Å². The summed E-state index contributed by atoms with van der Waals surface area (Å²) in [6.07, 6.45) is -3.60. The van der Waals surface area contributed by atoms with Crippen LogP contribution in [0.25, 0.3) is 0 Å². The van der Waals surface area contributed by atoms with E-state index in [0.717, 1.165) is 22.7 Å². The largest absolute Gasteiger partial charge is 0.483 e. The van der Waals surface area contributed by atoms with Gasteiger partial charge in [-0.3, -0.25) is 9.10 Å². The van der Waals surface area contributed by atoms with Gasteiger partial charge in [0.05, 0.1) is 17.5 Å². The van der Waals surface area contributed by atoms with Gasteiger partial charge in [-0.15, -0.1) is 0 Å². The number of carbonyl (C=O) groups is 1. The van der Waals surface area contributed by atoms with Crippen LogP contribution in [0.15, 0.2) is 42.5 Å². The summed E-state index contributed by atoms with van der Waals surface area (Å²) in [7, 11) is -3.78. The van der Waals surface area contributed by atoms with E-state index in [-0.39, 0.29) is 17.0 Å². The van der Waals surface area contributed by atoms with Gasteiger partial charge in [-0.2, -0.15) is 18.4 Å². The summed E-state index contributed by atoms with van der Waals surface area (Å²) >= 11 is 0. The molecule has 0 fully saturated rings. The molecule has 1 amide bonds. The van der Waals surface area contributed by atoms with Crippen molar-refractivity contribution in [3.05, 3.63) is 53.6 Å². The van der Waals surface area contributed by atoms with Crippen molar-refractivity contribution in [1.82, 2.24) is 0 Å². The lowest BCUT2D eigenvalue weighted by Gasteiger charge is -2.23. The Labute approximate surface area is 171 Å². The van der Waals surface area contributed by atoms with Gasteiger partial charge in [-0.1, -0.05) is 18.2 Å². The molecule has 2 aromatic carbocycles. The summed E-state index contributed by atoms with van der Waals surface area (Å²) < 4.78 is 66.7. The molecule has 0 radical (unpaired) electrons. The number of halogens is 3. The second-order valence-corrected chi connectivity index (χ2v) is 8.24. The first-order valence-corrected chi connectivity index (χ1v) is 10.3. The van der Waals surface area contributed by atoms with Crippen LogP contribution < -0.4 is 14.4 Å². The van der Waals surface area contributed by atoms with Crippen molar-refractivity contribution in [2.45, 2.75) is 13.1 Å². The summed E-state index contributed by atoms with van der Waals surface area (Å²) in [5.74, 6) is -0.984. The van der Waals surface area contributed by atoms with E-state index < -0.39 is 35.3 Å². The average molecular weight is 441 g/mol. The Kier molecular flexibility index (Phi) is 6.94. The molecular formula is C19H18F3N3O4S. The predicted molar refractivity (Wildman–Crippen MR) is 105 cm³/mol. The smallest absolute Gasteiger partial charge is 0.422 e. The number of sulfonamides is 1. The van der Waals surface area contributed by atoms with Gasteiger partial charge in [0, 0.05) is 5.69 Å². The number of nitrogens with zero attached hydrogens (tertiary/aromatic N) is 2. The highest BCUT2D eigenvalue weighted by molar-refractivity contribution is 7.92. The highest BCUT2D eigenvalue weighted by Gasteiger charge is 2.29. The molecule has 2 rings (SSSR count). The lowest BCUT2D eigenvalue weighted by molar-refractivity contribution is -0.153. The number of hydrogen-bond acceptors (Lipinski definition) is 5. The van der Waals surface area contributed by atoms with Crippen LogP contribution in [-0.4, -0.2) is 39.9 Å². The fourth-order valence-corrected chi connectivity index (χ4v) is 3.45. The number of para-hydroxylation sites is 1. The van der Waals surface area contributed by atoms with Crippen molar-refractivity contribution >= 4 is 27.3 Å². The number of benzene rings is 2. The van der Waals surface area contributed by atoms with E-state index in [1.165, 1.54) is 6.07 Å². The van der Waals surface area contributed by atoms with Crippen molar-refractivity contribution < 1.29 is 31.1 Å². The third-order valence-corrected chi connectivity index (χ3v) is 4.97. The molecule has 0 aromatic heterocycles. The van der Waals surface area contributed by atoms with Crippen LogP contribution >= 0.6 is 0 Å². The number of nitrogens with one attached hydrogen (secondary N) is 1. The minimum Gasteiger partial charge on any atom is -0.483 e. The molecule has 0 aliphatic carbocycles. The van der Waals surface area contributed by atoms with E-state index >= 15 is 0 Å². The van der Waals surface area contributed by atoms with Crippen LogP contribution in [-0.2, 0) is 14.8 Å². The summed E-state index contributed by atoms with van der Waals surface area (Å²) in [5.41, 5.74) is 0.877. The molecule has 0 saturated heterocycles. The molecule has 160 valence electrons. The Morgan fingerprint density at radius 3 is 2.47 bits per heavy atom. The highest BCUT2D eigenvalue weighted by atomic mass is 32.2. The fourth-order valence-electron chi connectivity index (χ4n) is 2.54. The second kappa shape index (κ2) is 9.04. The van der Waals surface area contributed by atoms with Gasteiger partial charge in [0.15, 0.2) is 6.61 Å². The molecule has 0 bridgehead atoms. The minimum atomic E-state index is -4.57. The number of alkyl halides is 3. The third kappa shape index (κ3) is 6.38. The molecule has 2 aromatic rings. The number of nitriles is 1. The average Bonchev–Trinajstić information content (AvgIpc) is 2.64. The van der Waals surface area contributed by atoms with Crippen molar-refractivity contribution in [2.75, 3.05) is 29.0 Å². The molecule has 30 heavy (non-hydrogen) atoms. The Morgan fingerprint density at radius 1 is 1.23 bits per heavy atom. The molecule has 0 heterocycles. The van der Waals surface area contributed by atoms with E-state index in [4.69, 9.17) is 5.26 Å². The lowest BCUT2D eigenvalue weighted by atomic mass is 10.2. The zero-order valence-electron chi connectivity index (χ0n) is 16.0. The van der Waals surface area contributed by atoms with Gasteiger partial charge in [-0.25, -0.2) is 8.42 Å². The fraction of sp³-hybridized carbons (Fsp3) is 0.263. The number of carbonyl (C=O) groups excluding carboxylic acids is 1. The number of rotatable bonds is 7. The monoisotopic (exact) mass is 441 g/mol. The number of aryl methyl sites for hydroxylation is 1. The molecule has 0 aliphatic heterocycles. The first-order valence-electron chi connectivity index (χ1n) is 8.47. The van der Waals surface area contributed by atoms with Gasteiger partial charge in [0.1, 0.15) is 18.4 Å². The highest BCUT2D eigenvalue weighted by Crippen LogP contribution is 2.25.